The number of hydrogen-bond acceptors (Lipinski definition) is 5. The average Bonchev–Trinajstić information content (AvgIpc) is 2.95. The summed E-state index contributed by atoms with van der Waals surface area (Å²) in [7, 11) is 2.13. The fourth-order valence-electron chi connectivity index (χ4n) is 5.43. The van der Waals surface area contributed by atoms with Gasteiger partial charge in [0.1, 0.15) is 12.7 Å². The Hall–Kier alpha value is -1.88. The van der Waals surface area contributed by atoms with Crippen molar-refractivity contribution in [2.75, 3.05) is 20.1 Å². The Bertz CT molecular complexity index is 745. The van der Waals surface area contributed by atoms with E-state index in [2.05, 4.69) is 18.9 Å². The Kier molecular flexibility index (Phi) is 18.7. The van der Waals surface area contributed by atoms with Gasteiger partial charge in [-0.05, 0) is 70.6 Å². The molecular weight excluding hydrogens is 486 g/mol. The molecule has 0 radical (unpaired) electrons. The quantitative estimate of drug-likeness (QED) is 0.108. The molecule has 1 saturated heterocycles. The first-order valence-corrected chi connectivity index (χ1v) is 16.2. The van der Waals surface area contributed by atoms with E-state index in [1.54, 1.807) is 0 Å². The first-order chi connectivity index (χ1) is 19.1. The molecule has 0 saturated carbocycles. The number of piperidine rings is 1. The third-order valence-corrected chi connectivity index (χ3v) is 8.11. The average molecular weight is 544 g/mol. The largest absolute Gasteiger partial charge is 0.462 e. The van der Waals surface area contributed by atoms with Crippen LogP contribution in [-0.4, -0.2) is 43.1 Å². The van der Waals surface area contributed by atoms with Crippen molar-refractivity contribution in [3.8, 4) is 0 Å². The van der Waals surface area contributed by atoms with Crippen LogP contribution in [0.5, 0.6) is 0 Å². The zero-order valence-corrected chi connectivity index (χ0v) is 25.2. The molecule has 5 heteroatoms. The van der Waals surface area contributed by atoms with Gasteiger partial charge < -0.3 is 14.4 Å². The monoisotopic (exact) mass is 543 g/mol. The second kappa shape index (κ2) is 21.9. The number of likely N-dealkylation sites (tertiary alicyclic amines) is 1. The molecule has 1 atom stereocenters. The highest BCUT2D eigenvalue weighted by atomic mass is 16.5. The molecule has 0 bridgehead atoms. The highest BCUT2D eigenvalue weighted by molar-refractivity contribution is 5.72. The molecule has 5 nitrogen and oxygen atoms in total. The lowest BCUT2D eigenvalue weighted by Crippen LogP contribution is -2.35. The number of esters is 2. The van der Waals surface area contributed by atoms with E-state index in [1.165, 1.54) is 57.8 Å². The minimum Gasteiger partial charge on any atom is -0.462 e. The van der Waals surface area contributed by atoms with Crippen LogP contribution >= 0.6 is 0 Å². The molecule has 0 spiro atoms. The van der Waals surface area contributed by atoms with Gasteiger partial charge in [-0.15, -0.1) is 0 Å². The Balaban J connectivity index is 1.57. The Morgan fingerprint density at radius 3 is 1.92 bits per heavy atom. The van der Waals surface area contributed by atoms with Crippen LogP contribution in [0.3, 0.4) is 0 Å². The first kappa shape index (κ1) is 33.3. The second-order valence-corrected chi connectivity index (χ2v) is 11.7. The molecule has 1 aliphatic heterocycles. The summed E-state index contributed by atoms with van der Waals surface area (Å²) in [4.78, 5) is 27.1. The summed E-state index contributed by atoms with van der Waals surface area (Å²) >= 11 is 0. The number of nitrogens with zero attached hydrogens (tertiary/aromatic N) is 1. The zero-order chi connectivity index (χ0) is 28.0. The van der Waals surface area contributed by atoms with Gasteiger partial charge in [-0.3, -0.25) is 9.59 Å². The number of rotatable bonds is 22. The van der Waals surface area contributed by atoms with Crippen LogP contribution in [0.2, 0.25) is 0 Å². The number of unbranched alkanes of at least 4 members (excludes halogenated alkanes) is 12. The van der Waals surface area contributed by atoms with Crippen molar-refractivity contribution in [1.82, 2.24) is 4.90 Å². The van der Waals surface area contributed by atoms with E-state index in [1.807, 2.05) is 30.3 Å². The van der Waals surface area contributed by atoms with Gasteiger partial charge in [0.15, 0.2) is 0 Å². The topological polar surface area (TPSA) is 55.8 Å². The fourth-order valence-corrected chi connectivity index (χ4v) is 5.43. The van der Waals surface area contributed by atoms with Crippen molar-refractivity contribution in [1.29, 1.82) is 0 Å². The van der Waals surface area contributed by atoms with Gasteiger partial charge in [-0.2, -0.15) is 0 Å². The smallest absolute Gasteiger partial charge is 0.309 e. The Labute approximate surface area is 239 Å². The second-order valence-electron chi connectivity index (χ2n) is 11.7. The first-order valence-electron chi connectivity index (χ1n) is 16.2. The molecule has 222 valence electrons. The Morgan fingerprint density at radius 2 is 1.33 bits per heavy atom. The van der Waals surface area contributed by atoms with Crippen LogP contribution in [-0.2, 0) is 25.7 Å². The summed E-state index contributed by atoms with van der Waals surface area (Å²) in [6.45, 7) is 4.61. The van der Waals surface area contributed by atoms with Crippen molar-refractivity contribution in [2.45, 2.75) is 142 Å². The lowest BCUT2D eigenvalue weighted by atomic mass is 9.97. The van der Waals surface area contributed by atoms with E-state index in [9.17, 15) is 9.59 Å². The van der Waals surface area contributed by atoms with Crippen molar-refractivity contribution in [2.24, 2.45) is 5.92 Å². The van der Waals surface area contributed by atoms with Crippen molar-refractivity contribution >= 4 is 11.9 Å². The molecular formula is C34H57NO4. The van der Waals surface area contributed by atoms with Crippen molar-refractivity contribution in [3.05, 3.63) is 35.9 Å². The zero-order valence-electron chi connectivity index (χ0n) is 25.2. The number of hydrogen-bond donors (Lipinski definition) is 0. The molecule has 1 fully saturated rings. The van der Waals surface area contributed by atoms with E-state index in [-0.39, 0.29) is 24.0 Å². The predicted octanol–water partition coefficient (Wildman–Crippen LogP) is 8.64. The third kappa shape index (κ3) is 16.7. The molecule has 1 heterocycles. The molecule has 0 aliphatic carbocycles. The molecule has 0 aromatic heterocycles. The standard InChI is InChI=1S/C34H57NO4/c1-3-4-5-6-7-8-11-17-22-32(39-34(37)31-25-27-35(2)28-26-31)23-18-12-9-10-13-19-24-33(36)38-29-30-20-15-14-16-21-30/h14-16,20-21,31-32H,3-13,17-19,22-29H2,1-2H3. The van der Waals surface area contributed by atoms with Gasteiger partial charge in [-0.25, -0.2) is 0 Å². The lowest BCUT2D eigenvalue weighted by Gasteiger charge is -2.29. The number of ether oxygens (including phenoxy) is 2. The third-order valence-electron chi connectivity index (χ3n) is 8.11. The summed E-state index contributed by atoms with van der Waals surface area (Å²) in [6.07, 6.45) is 21.4. The van der Waals surface area contributed by atoms with Crippen LogP contribution < -0.4 is 0 Å². The lowest BCUT2D eigenvalue weighted by molar-refractivity contribution is -0.156. The summed E-state index contributed by atoms with van der Waals surface area (Å²) < 4.78 is 11.5. The van der Waals surface area contributed by atoms with Crippen LogP contribution in [0.15, 0.2) is 30.3 Å². The van der Waals surface area contributed by atoms with Crippen molar-refractivity contribution in [3.63, 3.8) is 0 Å². The van der Waals surface area contributed by atoms with Crippen LogP contribution in [0.1, 0.15) is 134 Å². The van der Waals surface area contributed by atoms with E-state index >= 15 is 0 Å². The van der Waals surface area contributed by atoms with E-state index in [0.29, 0.717) is 13.0 Å². The summed E-state index contributed by atoms with van der Waals surface area (Å²) in [5.74, 6) is 0.0301. The normalized spacial score (nSPS) is 15.2. The van der Waals surface area contributed by atoms with Gasteiger partial charge >= 0.3 is 11.9 Å². The molecule has 0 N–H and O–H groups in total. The highest BCUT2D eigenvalue weighted by Crippen LogP contribution is 2.22. The summed E-state index contributed by atoms with van der Waals surface area (Å²) in [5.41, 5.74) is 1.03. The van der Waals surface area contributed by atoms with Crippen molar-refractivity contribution < 1.29 is 19.1 Å². The van der Waals surface area contributed by atoms with E-state index in [4.69, 9.17) is 9.47 Å². The van der Waals surface area contributed by atoms with Gasteiger partial charge in [0.05, 0.1) is 5.92 Å². The molecule has 1 aromatic carbocycles. The maximum absolute atomic E-state index is 12.9. The van der Waals surface area contributed by atoms with E-state index in [0.717, 1.165) is 76.4 Å². The van der Waals surface area contributed by atoms with E-state index < -0.39 is 0 Å². The van der Waals surface area contributed by atoms with Crippen LogP contribution in [0.25, 0.3) is 0 Å². The number of benzene rings is 1. The molecule has 2 rings (SSSR count). The summed E-state index contributed by atoms with van der Waals surface area (Å²) in [5, 5.41) is 0. The highest BCUT2D eigenvalue weighted by Gasteiger charge is 2.26. The molecule has 1 unspecified atom stereocenters. The summed E-state index contributed by atoms with van der Waals surface area (Å²) in [6, 6.07) is 9.83. The SMILES string of the molecule is CCCCCCCCCCC(CCCCCCCCC(=O)OCc1ccccc1)OC(=O)C1CCN(C)CC1. The molecule has 1 aromatic rings. The van der Waals surface area contributed by atoms with Gasteiger partial charge in [0, 0.05) is 6.42 Å². The number of carbonyl (C=O) groups excluding carboxylic acids is 2. The molecule has 39 heavy (non-hydrogen) atoms. The maximum atomic E-state index is 12.9. The predicted molar refractivity (Wildman–Crippen MR) is 161 cm³/mol. The molecule has 0 amide bonds. The minimum atomic E-state index is -0.103. The van der Waals surface area contributed by atoms with Gasteiger partial charge in [0.25, 0.3) is 0 Å². The number of carbonyl (C=O) groups is 2. The fraction of sp³-hybridized carbons (Fsp3) is 0.765. The molecule has 1 aliphatic rings. The van der Waals surface area contributed by atoms with Gasteiger partial charge in [0.2, 0.25) is 0 Å². The van der Waals surface area contributed by atoms with Crippen LogP contribution in [0, 0.1) is 5.92 Å². The minimum absolute atomic E-state index is 0.0480. The Morgan fingerprint density at radius 1 is 0.795 bits per heavy atom. The van der Waals surface area contributed by atoms with Gasteiger partial charge in [-0.1, -0.05) is 108 Å². The van der Waals surface area contributed by atoms with Crippen LogP contribution in [0.4, 0.5) is 0 Å². The maximum Gasteiger partial charge on any atom is 0.309 e.